The van der Waals surface area contributed by atoms with Gasteiger partial charge in [-0.15, -0.1) is 0 Å². The second kappa shape index (κ2) is 6.70. The van der Waals surface area contributed by atoms with E-state index in [2.05, 4.69) is 10.1 Å². The van der Waals surface area contributed by atoms with Gasteiger partial charge in [0.15, 0.2) is 0 Å². The maximum atomic E-state index is 12.2. The van der Waals surface area contributed by atoms with Crippen LogP contribution in [-0.4, -0.2) is 19.2 Å². The number of benzene rings is 1. The first-order valence-corrected chi connectivity index (χ1v) is 6.70. The van der Waals surface area contributed by atoms with Gasteiger partial charge in [0.1, 0.15) is 5.75 Å². The van der Waals surface area contributed by atoms with Crippen molar-refractivity contribution in [2.24, 2.45) is 11.7 Å². The summed E-state index contributed by atoms with van der Waals surface area (Å²) in [7, 11) is 0. The summed E-state index contributed by atoms with van der Waals surface area (Å²) in [4.78, 5) is 0. The van der Waals surface area contributed by atoms with Crippen molar-refractivity contribution < 1.29 is 13.5 Å². The largest absolute Gasteiger partial charge is 0.435 e. The van der Waals surface area contributed by atoms with Crippen molar-refractivity contribution in [3.63, 3.8) is 0 Å². The van der Waals surface area contributed by atoms with E-state index in [1.165, 1.54) is 18.9 Å². The van der Waals surface area contributed by atoms with Gasteiger partial charge in [-0.25, -0.2) is 0 Å². The zero-order valence-corrected chi connectivity index (χ0v) is 10.8. The molecule has 2 rings (SSSR count). The molecule has 3 nitrogen and oxygen atoms in total. The van der Waals surface area contributed by atoms with Crippen molar-refractivity contribution in [2.45, 2.75) is 38.3 Å². The first-order chi connectivity index (χ1) is 9.19. The third-order valence-electron chi connectivity index (χ3n) is 3.62. The van der Waals surface area contributed by atoms with Gasteiger partial charge in [-0.1, -0.05) is 18.9 Å². The summed E-state index contributed by atoms with van der Waals surface area (Å²) in [6.45, 7) is -2.13. The van der Waals surface area contributed by atoms with Crippen LogP contribution in [0.2, 0.25) is 0 Å². The van der Waals surface area contributed by atoms with Crippen LogP contribution >= 0.6 is 0 Å². The van der Waals surface area contributed by atoms with Crippen LogP contribution in [-0.2, 0) is 0 Å². The van der Waals surface area contributed by atoms with Crippen molar-refractivity contribution >= 4 is 5.69 Å². The third kappa shape index (κ3) is 4.06. The molecule has 1 aliphatic rings. The fourth-order valence-corrected chi connectivity index (χ4v) is 2.66. The van der Waals surface area contributed by atoms with E-state index >= 15 is 0 Å². The van der Waals surface area contributed by atoms with E-state index in [0.29, 0.717) is 18.5 Å². The molecule has 0 heterocycles. The second-order valence-electron chi connectivity index (χ2n) is 4.94. The topological polar surface area (TPSA) is 47.3 Å². The highest BCUT2D eigenvalue weighted by Crippen LogP contribution is 2.28. The number of hydrogen-bond donors (Lipinski definition) is 2. The van der Waals surface area contributed by atoms with Crippen LogP contribution in [0.1, 0.15) is 25.7 Å². The number of nitrogens with two attached hydrogens (primary N) is 1. The lowest BCUT2D eigenvalue weighted by Crippen LogP contribution is -2.36. The molecule has 0 bridgehead atoms. The highest BCUT2D eigenvalue weighted by atomic mass is 19.3. The molecule has 0 radical (unpaired) electrons. The molecule has 1 aliphatic carbocycles. The SMILES string of the molecule is NCC1CCCCC1Nc1cccc(OC(F)F)c1. The lowest BCUT2D eigenvalue weighted by molar-refractivity contribution is -0.0498. The summed E-state index contributed by atoms with van der Waals surface area (Å²) in [5.41, 5.74) is 6.59. The first-order valence-electron chi connectivity index (χ1n) is 6.70. The van der Waals surface area contributed by atoms with E-state index in [0.717, 1.165) is 18.5 Å². The quantitative estimate of drug-likeness (QED) is 0.863. The summed E-state index contributed by atoms with van der Waals surface area (Å²) in [5, 5.41) is 3.39. The minimum absolute atomic E-state index is 0.181. The maximum Gasteiger partial charge on any atom is 0.387 e. The molecule has 0 spiro atoms. The fraction of sp³-hybridized carbons (Fsp3) is 0.571. The van der Waals surface area contributed by atoms with Crippen molar-refractivity contribution in [3.05, 3.63) is 24.3 Å². The summed E-state index contributed by atoms with van der Waals surface area (Å²) in [6, 6.07) is 7.02. The Balaban J connectivity index is 2.01. The van der Waals surface area contributed by atoms with Crippen LogP contribution in [0.5, 0.6) is 5.75 Å². The number of halogens is 2. The van der Waals surface area contributed by atoms with Gasteiger partial charge in [0, 0.05) is 17.8 Å². The molecule has 1 saturated carbocycles. The molecule has 19 heavy (non-hydrogen) atoms. The third-order valence-corrected chi connectivity index (χ3v) is 3.62. The van der Waals surface area contributed by atoms with Crippen molar-refractivity contribution in [1.29, 1.82) is 0 Å². The first kappa shape index (κ1) is 14.1. The summed E-state index contributed by atoms with van der Waals surface area (Å²) < 4.78 is 28.7. The zero-order chi connectivity index (χ0) is 13.7. The predicted molar refractivity (Wildman–Crippen MR) is 71.5 cm³/mol. The molecule has 2 atom stereocenters. The Morgan fingerprint density at radius 3 is 2.84 bits per heavy atom. The van der Waals surface area contributed by atoms with Crippen LogP contribution in [0, 0.1) is 5.92 Å². The highest BCUT2D eigenvalue weighted by Gasteiger charge is 2.23. The molecular formula is C14H20F2N2O. The summed E-state index contributed by atoms with van der Waals surface area (Å²) in [6.07, 6.45) is 4.60. The number of alkyl halides is 2. The van der Waals surface area contributed by atoms with E-state index in [9.17, 15) is 8.78 Å². The molecular weight excluding hydrogens is 250 g/mol. The Labute approximate surface area is 112 Å². The Bertz CT molecular complexity index is 401. The zero-order valence-electron chi connectivity index (χ0n) is 10.8. The lowest BCUT2D eigenvalue weighted by Gasteiger charge is -2.32. The number of hydrogen-bond acceptors (Lipinski definition) is 3. The Morgan fingerprint density at radius 2 is 2.11 bits per heavy atom. The second-order valence-corrected chi connectivity index (χ2v) is 4.94. The van der Waals surface area contributed by atoms with Crippen molar-refractivity contribution in [3.8, 4) is 5.75 Å². The lowest BCUT2D eigenvalue weighted by atomic mass is 9.84. The van der Waals surface area contributed by atoms with E-state index in [-0.39, 0.29) is 5.75 Å². The highest BCUT2D eigenvalue weighted by molar-refractivity contribution is 5.49. The monoisotopic (exact) mass is 270 g/mol. The number of nitrogens with one attached hydrogen (secondary N) is 1. The Kier molecular flexibility index (Phi) is 4.96. The van der Waals surface area contributed by atoms with Gasteiger partial charge < -0.3 is 15.8 Å². The normalized spacial score (nSPS) is 23.4. The van der Waals surface area contributed by atoms with Gasteiger partial charge in [-0.2, -0.15) is 8.78 Å². The van der Waals surface area contributed by atoms with Crippen LogP contribution in [0.3, 0.4) is 0 Å². The molecule has 0 aliphatic heterocycles. The molecule has 5 heteroatoms. The van der Waals surface area contributed by atoms with Gasteiger partial charge in [-0.05, 0) is 37.4 Å². The van der Waals surface area contributed by atoms with E-state index in [1.807, 2.05) is 6.07 Å². The van der Waals surface area contributed by atoms with Crippen molar-refractivity contribution in [1.82, 2.24) is 0 Å². The molecule has 2 unspecified atom stereocenters. The minimum Gasteiger partial charge on any atom is -0.435 e. The van der Waals surface area contributed by atoms with Gasteiger partial charge in [0.25, 0.3) is 0 Å². The van der Waals surface area contributed by atoms with Gasteiger partial charge >= 0.3 is 6.61 Å². The van der Waals surface area contributed by atoms with Crippen molar-refractivity contribution in [2.75, 3.05) is 11.9 Å². The summed E-state index contributed by atoms with van der Waals surface area (Å²) >= 11 is 0. The standard InChI is InChI=1S/C14H20F2N2O/c15-14(16)19-12-6-3-5-11(8-12)18-13-7-2-1-4-10(13)9-17/h3,5-6,8,10,13-14,18H,1-2,4,7,9,17H2. The van der Waals surface area contributed by atoms with Gasteiger partial charge in [-0.3, -0.25) is 0 Å². The van der Waals surface area contributed by atoms with E-state index < -0.39 is 6.61 Å². The summed E-state index contributed by atoms with van der Waals surface area (Å²) in [5.74, 6) is 0.633. The van der Waals surface area contributed by atoms with Crippen LogP contribution in [0.15, 0.2) is 24.3 Å². The Morgan fingerprint density at radius 1 is 1.32 bits per heavy atom. The molecule has 0 amide bonds. The average Bonchev–Trinajstić information content (AvgIpc) is 2.39. The van der Waals surface area contributed by atoms with Gasteiger partial charge in [0.05, 0.1) is 0 Å². The van der Waals surface area contributed by atoms with Crippen LogP contribution in [0.4, 0.5) is 14.5 Å². The molecule has 1 aromatic rings. The van der Waals surface area contributed by atoms with E-state index in [1.54, 1.807) is 12.1 Å². The molecule has 106 valence electrons. The number of rotatable bonds is 5. The smallest absolute Gasteiger partial charge is 0.387 e. The predicted octanol–water partition coefficient (Wildman–Crippen LogP) is 3.22. The molecule has 0 aromatic heterocycles. The molecule has 0 saturated heterocycles. The maximum absolute atomic E-state index is 12.2. The average molecular weight is 270 g/mol. The minimum atomic E-state index is -2.79. The number of ether oxygens (including phenoxy) is 1. The van der Waals surface area contributed by atoms with Gasteiger partial charge in [0.2, 0.25) is 0 Å². The molecule has 1 fully saturated rings. The van der Waals surface area contributed by atoms with E-state index in [4.69, 9.17) is 5.73 Å². The molecule has 1 aromatic carbocycles. The van der Waals surface area contributed by atoms with Crippen LogP contribution in [0.25, 0.3) is 0 Å². The number of anilines is 1. The fourth-order valence-electron chi connectivity index (χ4n) is 2.66. The molecule has 3 N–H and O–H groups in total. The Hall–Kier alpha value is -1.36. The van der Waals surface area contributed by atoms with Crippen LogP contribution < -0.4 is 15.8 Å².